The zero-order valence-corrected chi connectivity index (χ0v) is 18.1. The van der Waals surface area contributed by atoms with E-state index in [9.17, 15) is 9.59 Å². The smallest absolute Gasteiger partial charge is 0.266 e. The number of hydrogen-bond acceptors (Lipinski definition) is 5. The van der Waals surface area contributed by atoms with Gasteiger partial charge in [0.1, 0.15) is 0 Å². The van der Waals surface area contributed by atoms with Gasteiger partial charge < -0.3 is 0 Å². The number of carbonyl (C=O) groups is 1. The summed E-state index contributed by atoms with van der Waals surface area (Å²) in [5, 5.41) is 10.0. The SMILES string of the molecule is N#Cc1ccc(-n2c(SCC(=O)c3ccc4c(c3)CCC4)nc3ccccc3c2=O)cc1. The van der Waals surface area contributed by atoms with Crippen LogP contribution in [0.1, 0.15) is 33.5 Å². The molecule has 0 amide bonds. The standard InChI is InChI=1S/C26H19N3O2S/c27-15-17-8-12-21(13-9-17)29-25(31)22-6-1-2-7-23(22)28-26(29)32-16-24(30)20-11-10-18-4-3-5-19(18)14-20/h1-2,6-14H,3-5,16H2. The van der Waals surface area contributed by atoms with E-state index in [-0.39, 0.29) is 17.1 Å². The molecule has 0 saturated heterocycles. The van der Waals surface area contributed by atoms with Crippen LogP contribution in [0.25, 0.3) is 16.6 Å². The average Bonchev–Trinajstić information content (AvgIpc) is 3.31. The predicted octanol–water partition coefficient (Wildman–Crippen LogP) is 4.72. The summed E-state index contributed by atoms with van der Waals surface area (Å²) in [4.78, 5) is 30.9. The molecule has 5 nitrogen and oxygen atoms in total. The molecule has 3 aromatic carbocycles. The number of benzene rings is 3. The van der Waals surface area contributed by atoms with Crippen molar-refractivity contribution in [1.82, 2.24) is 9.55 Å². The van der Waals surface area contributed by atoms with Crippen molar-refractivity contribution in [3.8, 4) is 11.8 Å². The van der Waals surface area contributed by atoms with Gasteiger partial charge in [-0.2, -0.15) is 5.26 Å². The van der Waals surface area contributed by atoms with Gasteiger partial charge in [0.05, 0.1) is 34.0 Å². The second-order valence-electron chi connectivity index (χ2n) is 7.76. The van der Waals surface area contributed by atoms with Crippen LogP contribution >= 0.6 is 11.8 Å². The molecule has 1 heterocycles. The Kier molecular flexibility index (Phi) is 5.34. The Morgan fingerprint density at radius 1 is 1.03 bits per heavy atom. The van der Waals surface area contributed by atoms with Crippen LogP contribution in [0.5, 0.6) is 0 Å². The van der Waals surface area contributed by atoms with Gasteiger partial charge in [-0.15, -0.1) is 0 Å². The lowest BCUT2D eigenvalue weighted by Crippen LogP contribution is -2.22. The zero-order chi connectivity index (χ0) is 22.1. The van der Waals surface area contributed by atoms with Crippen molar-refractivity contribution in [2.75, 3.05) is 5.75 Å². The van der Waals surface area contributed by atoms with Crippen molar-refractivity contribution in [2.45, 2.75) is 24.4 Å². The first-order chi connectivity index (χ1) is 15.6. The molecule has 0 saturated carbocycles. The van der Waals surface area contributed by atoms with E-state index in [0.29, 0.717) is 32.9 Å². The van der Waals surface area contributed by atoms with E-state index in [4.69, 9.17) is 5.26 Å². The van der Waals surface area contributed by atoms with E-state index in [0.717, 1.165) is 19.3 Å². The zero-order valence-electron chi connectivity index (χ0n) is 17.2. The number of nitrogens with zero attached hydrogens (tertiary/aromatic N) is 3. The normalized spacial score (nSPS) is 12.5. The Bertz CT molecular complexity index is 1450. The molecule has 0 radical (unpaired) electrons. The highest BCUT2D eigenvalue weighted by Crippen LogP contribution is 2.25. The van der Waals surface area contributed by atoms with Crippen molar-refractivity contribution in [3.63, 3.8) is 0 Å². The van der Waals surface area contributed by atoms with Crippen LogP contribution in [0.3, 0.4) is 0 Å². The number of thioether (sulfide) groups is 1. The van der Waals surface area contributed by atoms with Gasteiger partial charge in [-0.1, -0.05) is 36.0 Å². The largest absolute Gasteiger partial charge is 0.293 e. The summed E-state index contributed by atoms with van der Waals surface area (Å²) in [6.07, 6.45) is 3.24. The summed E-state index contributed by atoms with van der Waals surface area (Å²) in [5.41, 5.74) is 4.81. The van der Waals surface area contributed by atoms with Crippen LogP contribution in [0.15, 0.2) is 76.7 Å². The van der Waals surface area contributed by atoms with E-state index in [2.05, 4.69) is 17.1 Å². The minimum atomic E-state index is -0.201. The van der Waals surface area contributed by atoms with Gasteiger partial charge in [0, 0.05) is 5.56 Å². The highest BCUT2D eigenvalue weighted by molar-refractivity contribution is 7.99. The number of hydrogen-bond donors (Lipinski definition) is 0. The molecular formula is C26H19N3O2S. The summed E-state index contributed by atoms with van der Waals surface area (Å²) in [7, 11) is 0. The van der Waals surface area contributed by atoms with Gasteiger partial charge in [0.15, 0.2) is 10.9 Å². The summed E-state index contributed by atoms with van der Waals surface area (Å²) in [6, 6.07) is 22.0. The van der Waals surface area contributed by atoms with E-state index >= 15 is 0 Å². The molecule has 0 unspecified atom stereocenters. The molecule has 156 valence electrons. The minimum absolute atomic E-state index is 0.0125. The molecule has 0 N–H and O–H groups in total. The fourth-order valence-corrected chi connectivity index (χ4v) is 4.99. The first-order valence-corrected chi connectivity index (χ1v) is 11.4. The van der Waals surface area contributed by atoms with E-state index < -0.39 is 0 Å². The quantitative estimate of drug-likeness (QED) is 0.257. The molecule has 0 fully saturated rings. The van der Waals surface area contributed by atoms with Crippen molar-refractivity contribution in [2.24, 2.45) is 0 Å². The molecular weight excluding hydrogens is 418 g/mol. The van der Waals surface area contributed by atoms with Crippen molar-refractivity contribution >= 4 is 28.4 Å². The third-order valence-electron chi connectivity index (χ3n) is 5.75. The highest BCUT2D eigenvalue weighted by Gasteiger charge is 2.17. The molecule has 0 bridgehead atoms. The number of para-hydroxylation sites is 1. The molecule has 1 aliphatic rings. The van der Waals surface area contributed by atoms with Crippen LogP contribution in [-0.2, 0) is 12.8 Å². The maximum atomic E-state index is 13.3. The molecule has 6 heteroatoms. The summed E-state index contributed by atoms with van der Waals surface area (Å²) in [5.74, 6) is 0.193. The number of aromatic nitrogens is 2. The van der Waals surface area contributed by atoms with E-state index in [1.54, 1.807) is 42.5 Å². The Morgan fingerprint density at radius 3 is 2.62 bits per heavy atom. The van der Waals surface area contributed by atoms with Crippen LogP contribution in [-0.4, -0.2) is 21.1 Å². The maximum Gasteiger partial charge on any atom is 0.266 e. The van der Waals surface area contributed by atoms with Gasteiger partial charge in [0.2, 0.25) is 0 Å². The second kappa shape index (κ2) is 8.45. The Hall–Kier alpha value is -3.69. The lowest BCUT2D eigenvalue weighted by Gasteiger charge is -2.13. The van der Waals surface area contributed by atoms with Gasteiger partial charge in [0.25, 0.3) is 5.56 Å². The molecule has 0 aliphatic heterocycles. The van der Waals surface area contributed by atoms with E-state index in [1.807, 2.05) is 18.2 Å². The molecule has 1 aromatic heterocycles. The van der Waals surface area contributed by atoms with Gasteiger partial charge in [-0.05, 0) is 72.9 Å². The molecule has 5 rings (SSSR count). The topological polar surface area (TPSA) is 75.8 Å². The summed E-state index contributed by atoms with van der Waals surface area (Å²) < 4.78 is 1.52. The maximum absolute atomic E-state index is 13.3. The second-order valence-corrected chi connectivity index (χ2v) is 8.70. The summed E-state index contributed by atoms with van der Waals surface area (Å²) >= 11 is 1.25. The number of ketones is 1. The number of Topliss-reactive ketones (excluding diaryl/α,β-unsaturated/α-hetero) is 1. The highest BCUT2D eigenvalue weighted by atomic mass is 32.2. The third-order valence-corrected chi connectivity index (χ3v) is 6.69. The van der Waals surface area contributed by atoms with Crippen molar-refractivity contribution < 1.29 is 4.79 Å². The number of carbonyl (C=O) groups excluding carboxylic acids is 1. The molecule has 0 spiro atoms. The molecule has 0 atom stereocenters. The number of nitriles is 1. The lowest BCUT2D eigenvalue weighted by atomic mass is 10.0. The monoisotopic (exact) mass is 437 g/mol. The lowest BCUT2D eigenvalue weighted by molar-refractivity contribution is 0.102. The van der Waals surface area contributed by atoms with Crippen LogP contribution in [0, 0.1) is 11.3 Å². The first-order valence-electron chi connectivity index (χ1n) is 10.4. The fourth-order valence-electron chi connectivity index (χ4n) is 4.08. The number of rotatable bonds is 5. The molecule has 4 aromatic rings. The van der Waals surface area contributed by atoms with Crippen molar-refractivity contribution in [3.05, 3.63) is 99.3 Å². The van der Waals surface area contributed by atoms with Crippen molar-refractivity contribution in [1.29, 1.82) is 5.26 Å². The first kappa shape index (κ1) is 20.2. The van der Waals surface area contributed by atoms with Crippen LogP contribution < -0.4 is 5.56 Å². The van der Waals surface area contributed by atoms with E-state index in [1.165, 1.54) is 27.5 Å². The van der Waals surface area contributed by atoms with Crippen LogP contribution in [0.4, 0.5) is 0 Å². The minimum Gasteiger partial charge on any atom is -0.293 e. The van der Waals surface area contributed by atoms with Gasteiger partial charge in [-0.25, -0.2) is 4.98 Å². The van der Waals surface area contributed by atoms with Crippen LogP contribution in [0.2, 0.25) is 0 Å². The van der Waals surface area contributed by atoms with Gasteiger partial charge >= 0.3 is 0 Å². The Labute approximate surface area is 189 Å². The Morgan fingerprint density at radius 2 is 1.81 bits per heavy atom. The Balaban J connectivity index is 1.51. The molecule has 1 aliphatic carbocycles. The average molecular weight is 438 g/mol. The third kappa shape index (κ3) is 3.72. The predicted molar refractivity (Wildman–Crippen MR) is 126 cm³/mol. The number of aryl methyl sites for hydroxylation is 2. The fraction of sp³-hybridized carbons (Fsp3) is 0.154. The molecule has 32 heavy (non-hydrogen) atoms. The summed E-state index contributed by atoms with van der Waals surface area (Å²) in [6.45, 7) is 0. The number of fused-ring (bicyclic) bond motifs is 2. The van der Waals surface area contributed by atoms with Gasteiger partial charge in [-0.3, -0.25) is 14.2 Å².